The SMILES string of the molecule is CCOC(=O)CCCCCCCCC1(C)C=Cc2cc(/C=N\N)ccc2O1. The summed E-state index contributed by atoms with van der Waals surface area (Å²) in [6.45, 7) is 4.46. The van der Waals surface area contributed by atoms with Crippen LogP contribution in [0.2, 0.25) is 0 Å². The highest BCUT2D eigenvalue weighted by Crippen LogP contribution is 2.34. The Balaban J connectivity index is 1.65. The van der Waals surface area contributed by atoms with Crippen LogP contribution in [0.1, 0.15) is 76.3 Å². The molecule has 0 amide bonds. The molecule has 0 saturated heterocycles. The van der Waals surface area contributed by atoms with Gasteiger partial charge in [-0.25, -0.2) is 0 Å². The number of esters is 1. The number of rotatable bonds is 11. The molecule has 0 fully saturated rings. The number of unbranched alkanes of at least 4 members (excludes halogenated alkanes) is 5. The predicted octanol–water partition coefficient (Wildman–Crippen LogP) is 4.83. The lowest BCUT2D eigenvalue weighted by Gasteiger charge is -2.32. The van der Waals surface area contributed by atoms with E-state index >= 15 is 0 Å². The van der Waals surface area contributed by atoms with Crippen LogP contribution in [0.4, 0.5) is 0 Å². The van der Waals surface area contributed by atoms with E-state index in [0.717, 1.165) is 42.6 Å². The molecule has 0 aliphatic carbocycles. The molecule has 0 bridgehead atoms. The van der Waals surface area contributed by atoms with Crippen molar-refractivity contribution in [2.75, 3.05) is 6.61 Å². The van der Waals surface area contributed by atoms with Crippen LogP contribution in [0, 0.1) is 0 Å². The third-order valence-electron chi connectivity index (χ3n) is 4.83. The van der Waals surface area contributed by atoms with E-state index in [0.29, 0.717) is 13.0 Å². The zero-order chi connectivity index (χ0) is 19.5. The average Bonchev–Trinajstić information content (AvgIpc) is 2.64. The summed E-state index contributed by atoms with van der Waals surface area (Å²) in [5.41, 5.74) is 1.78. The molecule has 0 aromatic heterocycles. The molecule has 1 aliphatic rings. The maximum atomic E-state index is 11.3. The van der Waals surface area contributed by atoms with Crippen LogP contribution in [0.25, 0.3) is 6.08 Å². The molecular formula is C22H32N2O3. The van der Waals surface area contributed by atoms with Crippen LogP contribution in [0.15, 0.2) is 29.4 Å². The van der Waals surface area contributed by atoms with Crippen LogP contribution >= 0.6 is 0 Å². The Labute approximate surface area is 162 Å². The molecule has 1 aliphatic heterocycles. The van der Waals surface area contributed by atoms with Crippen molar-refractivity contribution in [2.24, 2.45) is 10.9 Å². The van der Waals surface area contributed by atoms with Crippen LogP contribution < -0.4 is 10.6 Å². The molecule has 0 spiro atoms. The molecule has 1 heterocycles. The minimum atomic E-state index is -0.250. The van der Waals surface area contributed by atoms with Crippen molar-refractivity contribution >= 4 is 18.3 Å². The lowest BCUT2D eigenvalue weighted by atomic mass is 9.93. The molecule has 2 rings (SSSR count). The Kier molecular flexibility index (Phi) is 8.37. The third-order valence-corrected chi connectivity index (χ3v) is 4.83. The fourth-order valence-electron chi connectivity index (χ4n) is 3.33. The van der Waals surface area contributed by atoms with E-state index in [-0.39, 0.29) is 11.6 Å². The minimum Gasteiger partial charge on any atom is -0.483 e. The zero-order valence-corrected chi connectivity index (χ0v) is 16.6. The lowest BCUT2D eigenvalue weighted by Crippen LogP contribution is -2.31. The Morgan fingerprint density at radius 3 is 2.70 bits per heavy atom. The summed E-state index contributed by atoms with van der Waals surface area (Å²) in [5.74, 6) is 6.05. The fourth-order valence-corrected chi connectivity index (χ4v) is 3.33. The van der Waals surface area contributed by atoms with E-state index < -0.39 is 0 Å². The smallest absolute Gasteiger partial charge is 0.305 e. The second-order valence-electron chi connectivity index (χ2n) is 7.25. The molecule has 5 nitrogen and oxygen atoms in total. The van der Waals surface area contributed by atoms with E-state index in [4.69, 9.17) is 15.3 Å². The molecule has 0 radical (unpaired) electrons. The van der Waals surface area contributed by atoms with Gasteiger partial charge in [-0.15, -0.1) is 0 Å². The number of nitrogens with two attached hydrogens (primary N) is 1. The van der Waals surface area contributed by atoms with E-state index in [1.165, 1.54) is 19.3 Å². The Morgan fingerprint density at radius 2 is 1.96 bits per heavy atom. The first-order chi connectivity index (χ1) is 13.1. The summed E-state index contributed by atoms with van der Waals surface area (Å²) in [4.78, 5) is 11.3. The van der Waals surface area contributed by atoms with Crippen LogP contribution in [-0.2, 0) is 9.53 Å². The molecule has 148 valence electrons. The quantitative estimate of drug-likeness (QED) is 0.198. The van der Waals surface area contributed by atoms with Gasteiger partial charge in [-0.1, -0.05) is 31.8 Å². The Morgan fingerprint density at radius 1 is 1.22 bits per heavy atom. The number of hydrogen-bond donors (Lipinski definition) is 1. The summed E-state index contributed by atoms with van der Waals surface area (Å²) in [5, 5.41) is 3.56. The highest BCUT2D eigenvalue weighted by molar-refractivity contribution is 5.81. The summed E-state index contributed by atoms with van der Waals surface area (Å²) in [6, 6.07) is 5.97. The van der Waals surface area contributed by atoms with E-state index in [1.54, 1.807) is 6.21 Å². The maximum Gasteiger partial charge on any atom is 0.305 e. The van der Waals surface area contributed by atoms with Gasteiger partial charge in [-0.3, -0.25) is 4.79 Å². The van der Waals surface area contributed by atoms with Crippen molar-refractivity contribution in [1.29, 1.82) is 0 Å². The first-order valence-corrected chi connectivity index (χ1v) is 9.97. The van der Waals surface area contributed by atoms with Gasteiger partial charge in [0.25, 0.3) is 0 Å². The second-order valence-corrected chi connectivity index (χ2v) is 7.25. The zero-order valence-electron chi connectivity index (χ0n) is 16.6. The van der Waals surface area contributed by atoms with Crippen molar-refractivity contribution in [2.45, 2.75) is 70.8 Å². The van der Waals surface area contributed by atoms with Gasteiger partial charge in [0.15, 0.2) is 0 Å². The summed E-state index contributed by atoms with van der Waals surface area (Å²) < 4.78 is 11.2. The predicted molar refractivity (Wildman–Crippen MR) is 110 cm³/mol. The number of nitrogens with zero attached hydrogens (tertiary/aromatic N) is 1. The third kappa shape index (κ3) is 7.08. The van der Waals surface area contributed by atoms with Gasteiger partial charge in [0.1, 0.15) is 11.4 Å². The number of benzene rings is 1. The van der Waals surface area contributed by atoms with Gasteiger partial charge in [0.2, 0.25) is 0 Å². The summed E-state index contributed by atoms with van der Waals surface area (Å²) >= 11 is 0. The number of carbonyl (C=O) groups is 1. The molecule has 1 aromatic rings. The second kappa shape index (κ2) is 10.8. The molecule has 5 heteroatoms. The van der Waals surface area contributed by atoms with Gasteiger partial charge in [-0.05, 0) is 62.9 Å². The number of hydrazone groups is 1. The van der Waals surface area contributed by atoms with Crippen molar-refractivity contribution in [3.8, 4) is 5.75 Å². The van der Waals surface area contributed by atoms with Crippen LogP contribution in [-0.4, -0.2) is 24.4 Å². The van der Waals surface area contributed by atoms with E-state index in [1.807, 2.05) is 25.1 Å². The largest absolute Gasteiger partial charge is 0.483 e. The van der Waals surface area contributed by atoms with Crippen molar-refractivity contribution < 1.29 is 14.3 Å². The molecule has 2 N–H and O–H groups in total. The van der Waals surface area contributed by atoms with Gasteiger partial charge >= 0.3 is 5.97 Å². The molecule has 1 unspecified atom stereocenters. The fraction of sp³-hybridized carbons (Fsp3) is 0.545. The lowest BCUT2D eigenvalue weighted by molar-refractivity contribution is -0.143. The van der Waals surface area contributed by atoms with Crippen LogP contribution in [0.5, 0.6) is 5.75 Å². The highest BCUT2D eigenvalue weighted by atomic mass is 16.5. The molecule has 1 atom stereocenters. The molecule has 27 heavy (non-hydrogen) atoms. The average molecular weight is 373 g/mol. The number of hydrogen-bond acceptors (Lipinski definition) is 5. The van der Waals surface area contributed by atoms with E-state index in [9.17, 15) is 4.79 Å². The van der Waals surface area contributed by atoms with Gasteiger partial charge in [-0.2, -0.15) is 5.10 Å². The van der Waals surface area contributed by atoms with Crippen molar-refractivity contribution in [1.82, 2.24) is 0 Å². The van der Waals surface area contributed by atoms with Gasteiger partial charge in [0, 0.05) is 12.0 Å². The number of ether oxygens (including phenoxy) is 2. The molecule has 1 aromatic carbocycles. The summed E-state index contributed by atoms with van der Waals surface area (Å²) in [6.07, 6.45) is 14.2. The van der Waals surface area contributed by atoms with E-state index in [2.05, 4.69) is 24.2 Å². The van der Waals surface area contributed by atoms with Crippen LogP contribution in [0.3, 0.4) is 0 Å². The van der Waals surface area contributed by atoms with Crippen molar-refractivity contribution in [3.05, 3.63) is 35.4 Å². The first-order valence-electron chi connectivity index (χ1n) is 9.97. The van der Waals surface area contributed by atoms with Crippen molar-refractivity contribution in [3.63, 3.8) is 0 Å². The van der Waals surface area contributed by atoms with Gasteiger partial charge in [0.05, 0.1) is 12.8 Å². The minimum absolute atomic E-state index is 0.0747. The maximum absolute atomic E-state index is 11.3. The first kappa shape index (κ1) is 21.0. The monoisotopic (exact) mass is 372 g/mol. The van der Waals surface area contributed by atoms with Gasteiger partial charge < -0.3 is 15.3 Å². The number of fused-ring (bicyclic) bond motifs is 1. The Bertz CT molecular complexity index is 670. The molecular weight excluding hydrogens is 340 g/mol. The Hall–Kier alpha value is -2.30. The topological polar surface area (TPSA) is 73.9 Å². The molecule has 0 saturated carbocycles. The normalized spacial score (nSPS) is 18.3. The summed E-state index contributed by atoms with van der Waals surface area (Å²) in [7, 11) is 0. The standard InChI is InChI=1S/C22H32N2O3/c1-3-26-21(25)10-8-6-4-5-7-9-14-22(2)15-13-19-16-18(17-24-23)11-12-20(19)27-22/h11-13,15-17H,3-10,14,23H2,1-2H3/b24-17-. The highest BCUT2D eigenvalue weighted by Gasteiger charge is 2.26. The number of carbonyl (C=O) groups excluding carboxylic acids is 1.